The summed E-state index contributed by atoms with van der Waals surface area (Å²) in [5, 5.41) is 11.3. The van der Waals surface area contributed by atoms with Crippen LogP contribution in [0.4, 0.5) is 5.82 Å². The number of aromatic nitrogens is 6. The molecule has 0 spiro atoms. The smallest absolute Gasteiger partial charge is 0.254 e. The maximum absolute atomic E-state index is 12.3. The number of nitrogens with one attached hydrogen (secondary N) is 1. The molecule has 1 aliphatic rings. The van der Waals surface area contributed by atoms with Gasteiger partial charge in [-0.05, 0) is 19.8 Å². The highest BCUT2D eigenvalue weighted by Crippen LogP contribution is 2.25. The first kappa shape index (κ1) is 15.6. The van der Waals surface area contributed by atoms with Crippen molar-refractivity contribution in [3.63, 3.8) is 0 Å². The zero-order valence-corrected chi connectivity index (χ0v) is 14.3. The molecule has 1 amide bonds. The van der Waals surface area contributed by atoms with Gasteiger partial charge in [0, 0.05) is 44.1 Å². The fourth-order valence-electron chi connectivity index (χ4n) is 3.32. The molecule has 0 radical (unpaired) electrons. The molecule has 3 aromatic heterocycles. The van der Waals surface area contributed by atoms with Crippen molar-refractivity contribution >= 4 is 17.5 Å². The maximum atomic E-state index is 12.3. The van der Waals surface area contributed by atoms with E-state index in [1.807, 2.05) is 13.0 Å². The number of anilines is 1. The highest BCUT2D eigenvalue weighted by Gasteiger charge is 2.27. The maximum Gasteiger partial charge on any atom is 0.254 e. The summed E-state index contributed by atoms with van der Waals surface area (Å²) in [5.41, 5.74) is 1.48. The topological polar surface area (TPSA) is 93.2 Å². The van der Waals surface area contributed by atoms with Gasteiger partial charge in [0.05, 0.1) is 11.8 Å². The minimum Gasteiger partial charge on any atom is -0.352 e. The number of carbonyl (C=O) groups is 1. The Labute approximate surface area is 144 Å². The summed E-state index contributed by atoms with van der Waals surface area (Å²) in [6, 6.07) is 2.23. The van der Waals surface area contributed by atoms with Crippen LogP contribution in [0.2, 0.25) is 0 Å². The Hall–Kier alpha value is -2.97. The van der Waals surface area contributed by atoms with Gasteiger partial charge in [-0.1, -0.05) is 0 Å². The van der Waals surface area contributed by atoms with E-state index in [1.165, 1.54) is 6.33 Å². The van der Waals surface area contributed by atoms with Crippen molar-refractivity contribution in [2.45, 2.75) is 25.8 Å². The molecule has 1 saturated heterocycles. The molecule has 4 rings (SSSR count). The Morgan fingerprint density at radius 3 is 3.08 bits per heavy atom. The lowest BCUT2D eigenvalue weighted by atomic mass is 10.2. The van der Waals surface area contributed by atoms with E-state index in [9.17, 15) is 4.79 Å². The molecule has 1 aliphatic heterocycles. The minimum absolute atomic E-state index is 0.100. The monoisotopic (exact) mass is 340 g/mol. The fraction of sp³-hybridized carbons (Fsp3) is 0.438. The molecule has 130 valence electrons. The molecule has 25 heavy (non-hydrogen) atoms. The number of aryl methyl sites for hydroxylation is 2. The van der Waals surface area contributed by atoms with Crippen molar-refractivity contribution in [3.05, 3.63) is 36.0 Å². The van der Waals surface area contributed by atoms with Crippen LogP contribution in [-0.2, 0) is 7.05 Å². The second-order valence-electron chi connectivity index (χ2n) is 6.33. The van der Waals surface area contributed by atoms with E-state index < -0.39 is 0 Å². The van der Waals surface area contributed by atoms with Crippen LogP contribution in [0.5, 0.6) is 0 Å². The van der Waals surface area contributed by atoms with Gasteiger partial charge in [-0.25, -0.2) is 4.98 Å². The Kier molecular flexibility index (Phi) is 3.83. The van der Waals surface area contributed by atoms with E-state index in [0.29, 0.717) is 17.9 Å². The van der Waals surface area contributed by atoms with Crippen molar-refractivity contribution in [1.82, 2.24) is 34.7 Å². The number of rotatable bonds is 4. The van der Waals surface area contributed by atoms with E-state index in [0.717, 1.165) is 30.9 Å². The first-order valence-corrected chi connectivity index (χ1v) is 8.32. The molecule has 0 saturated carbocycles. The molecule has 9 heteroatoms. The molecule has 4 heterocycles. The Morgan fingerprint density at radius 1 is 1.40 bits per heavy atom. The van der Waals surface area contributed by atoms with E-state index in [2.05, 4.69) is 30.4 Å². The molecule has 3 aromatic rings. The summed E-state index contributed by atoms with van der Waals surface area (Å²) in [6.07, 6.45) is 6.90. The van der Waals surface area contributed by atoms with Crippen LogP contribution < -0.4 is 10.2 Å². The molecule has 0 unspecified atom stereocenters. The lowest BCUT2D eigenvalue weighted by molar-refractivity contribution is 0.0951. The Balaban J connectivity index is 1.52. The van der Waals surface area contributed by atoms with Crippen LogP contribution in [0.3, 0.4) is 0 Å². The molecule has 1 atom stereocenters. The lowest BCUT2D eigenvalue weighted by Gasteiger charge is -2.27. The van der Waals surface area contributed by atoms with Gasteiger partial charge in [0.25, 0.3) is 11.7 Å². The highest BCUT2D eigenvalue weighted by molar-refractivity contribution is 5.93. The van der Waals surface area contributed by atoms with Crippen LogP contribution in [0, 0.1) is 6.92 Å². The van der Waals surface area contributed by atoms with Crippen molar-refractivity contribution in [3.8, 4) is 0 Å². The molecule has 9 nitrogen and oxygen atoms in total. The van der Waals surface area contributed by atoms with Crippen molar-refractivity contribution < 1.29 is 4.79 Å². The van der Waals surface area contributed by atoms with Crippen LogP contribution >= 0.6 is 0 Å². The average molecular weight is 340 g/mol. The summed E-state index contributed by atoms with van der Waals surface area (Å²) < 4.78 is 3.38. The summed E-state index contributed by atoms with van der Waals surface area (Å²) in [5.74, 6) is 1.47. The van der Waals surface area contributed by atoms with Crippen molar-refractivity contribution in [2.24, 2.45) is 7.05 Å². The summed E-state index contributed by atoms with van der Waals surface area (Å²) in [7, 11) is 1.80. The van der Waals surface area contributed by atoms with Gasteiger partial charge in [0.1, 0.15) is 12.1 Å². The third-order valence-electron chi connectivity index (χ3n) is 4.50. The highest BCUT2D eigenvalue weighted by atomic mass is 16.1. The molecule has 0 aromatic carbocycles. The Morgan fingerprint density at radius 2 is 2.28 bits per heavy atom. The number of nitrogens with zero attached hydrogens (tertiary/aromatic N) is 7. The van der Waals surface area contributed by atoms with Gasteiger partial charge < -0.3 is 10.2 Å². The van der Waals surface area contributed by atoms with Crippen LogP contribution in [0.15, 0.2) is 24.8 Å². The number of hydrogen-bond donors (Lipinski definition) is 1. The number of fused-ring (bicyclic) bond motifs is 1. The number of carbonyl (C=O) groups excluding carboxylic acids is 1. The second-order valence-corrected chi connectivity index (χ2v) is 6.33. The zero-order valence-electron chi connectivity index (χ0n) is 14.3. The third-order valence-corrected chi connectivity index (χ3v) is 4.50. The second kappa shape index (κ2) is 6.15. The van der Waals surface area contributed by atoms with Gasteiger partial charge in [0.15, 0.2) is 0 Å². The molecule has 1 N–H and O–H groups in total. The van der Waals surface area contributed by atoms with Gasteiger partial charge in [-0.15, -0.1) is 0 Å². The zero-order chi connectivity index (χ0) is 17.4. The normalized spacial score (nSPS) is 17.4. The summed E-state index contributed by atoms with van der Waals surface area (Å²) in [4.78, 5) is 23.1. The van der Waals surface area contributed by atoms with Gasteiger partial charge >= 0.3 is 0 Å². The predicted molar refractivity (Wildman–Crippen MR) is 91.4 cm³/mol. The van der Waals surface area contributed by atoms with E-state index in [-0.39, 0.29) is 11.9 Å². The van der Waals surface area contributed by atoms with Crippen LogP contribution in [0.1, 0.15) is 28.9 Å². The summed E-state index contributed by atoms with van der Waals surface area (Å²) >= 11 is 0. The number of hydrogen-bond acceptors (Lipinski definition) is 6. The largest absolute Gasteiger partial charge is 0.352 e. The molecule has 0 aliphatic carbocycles. The van der Waals surface area contributed by atoms with Crippen LogP contribution in [-0.4, -0.2) is 54.4 Å². The fourth-order valence-corrected chi connectivity index (χ4v) is 3.32. The average Bonchev–Trinajstić information content (AvgIpc) is 3.31. The van der Waals surface area contributed by atoms with Crippen molar-refractivity contribution in [1.29, 1.82) is 0 Å². The molecule has 1 fully saturated rings. The molecule has 0 bridgehead atoms. The van der Waals surface area contributed by atoms with Gasteiger partial charge in [-0.2, -0.15) is 19.7 Å². The van der Waals surface area contributed by atoms with E-state index in [1.54, 1.807) is 28.6 Å². The van der Waals surface area contributed by atoms with Gasteiger partial charge in [-0.3, -0.25) is 9.48 Å². The SMILES string of the molecule is Cc1cc(N2CCC[C@@H]2CNC(=O)c2cnn(C)c2)n2ncnc2n1. The first-order valence-electron chi connectivity index (χ1n) is 8.32. The Bertz CT molecular complexity index is 914. The number of amides is 1. The molecular formula is C16H20N8O. The minimum atomic E-state index is -0.100. The van der Waals surface area contributed by atoms with E-state index >= 15 is 0 Å². The van der Waals surface area contributed by atoms with Gasteiger partial charge in [0.2, 0.25) is 0 Å². The van der Waals surface area contributed by atoms with Crippen molar-refractivity contribution in [2.75, 3.05) is 18.0 Å². The molecular weight excluding hydrogens is 320 g/mol. The first-order chi connectivity index (χ1) is 12.1. The predicted octanol–water partition coefficient (Wildman–Crippen LogP) is 0.565. The van der Waals surface area contributed by atoms with E-state index in [4.69, 9.17) is 0 Å². The summed E-state index contributed by atoms with van der Waals surface area (Å²) in [6.45, 7) is 3.45. The van der Waals surface area contributed by atoms with Crippen LogP contribution in [0.25, 0.3) is 5.78 Å². The third kappa shape index (κ3) is 2.92. The quantitative estimate of drug-likeness (QED) is 0.746. The standard InChI is InChI=1S/C16H20N8O/c1-11-6-14(24-16(21-11)18-10-20-24)23-5-3-4-13(23)8-17-15(25)12-7-19-22(2)9-12/h6-7,9-10,13H,3-5,8H2,1-2H3,(H,17,25)/t13-/m1/s1. The lowest BCUT2D eigenvalue weighted by Crippen LogP contribution is -2.41.